The first kappa shape index (κ1) is 27.6. The molecule has 210 valence electrons. The first-order chi connectivity index (χ1) is 21.8. The van der Waals surface area contributed by atoms with Crippen LogP contribution in [0.1, 0.15) is 0 Å². The van der Waals surface area contributed by atoms with Gasteiger partial charge in [-0.3, -0.25) is 0 Å². The second-order valence-electron chi connectivity index (χ2n) is 10.7. The summed E-state index contributed by atoms with van der Waals surface area (Å²) < 4.78 is 1.04. The maximum Gasteiger partial charge on any atom is 0.0540 e. The number of anilines is 3. The van der Waals surface area contributed by atoms with Gasteiger partial charge in [-0.1, -0.05) is 174 Å². The summed E-state index contributed by atoms with van der Waals surface area (Å²) in [5, 5.41) is 0. The van der Waals surface area contributed by atoms with Gasteiger partial charge in [0.1, 0.15) is 0 Å². The maximum atomic E-state index is 3.96. The first-order valence-electron chi connectivity index (χ1n) is 14.8. The highest BCUT2D eigenvalue weighted by Gasteiger charge is 2.21. The Balaban J connectivity index is 1.37. The average molecular weight is 629 g/mol. The molecule has 7 aromatic rings. The van der Waals surface area contributed by atoms with Crippen LogP contribution in [0, 0.1) is 0 Å². The van der Waals surface area contributed by atoms with E-state index in [9.17, 15) is 0 Å². The molecule has 0 spiro atoms. The van der Waals surface area contributed by atoms with E-state index < -0.39 is 0 Å². The van der Waals surface area contributed by atoms with Crippen molar-refractivity contribution in [1.29, 1.82) is 0 Å². The third kappa shape index (κ3) is 5.60. The van der Waals surface area contributed by atoms with Crippen LogP contribution in [0.25, 0.3) is 44.5 Å². The van der Waals surface area contributed by atoms with Gasteiger partial charge in [0, 0.05) is 21.3 Å². The second kappa shape index (κ2) is 12.6. The molecule has 0 fully saturated rings. The minimum Gasteiger partial charge on any atom is -0.309 e. The van der Waals surface area contributed by atoms with E-state index in [1.807, 2.05) is 0 Å². The van der Waals surface area contributed by atoms with E-state index in [2.05, 4.69) is 203 Å². The monoisotopic (exact) mass is 627 g/mol. The van der Waals surface area contributed by atoms with Crippen molar-refractivity contribution in [3.8, 4) is 44.5 Å². The Morgan fingerprint density at radius 1 is 0.318 bits per heavy atom. The number of benzene rings is 7. The number of hydrogen-bond acceptors (Lipinski definition) is 1. The second-order valence-corrected chi connectivity index (χ2v) is 11.6. The topological polar surface area (TPSA) is 3.24 Å². The lowest BCUT2D eigenvalue weighted by molar-refractivity contribution is 1.28. The molecule has 0 aliphatic rings. The first-order valence-corrected chi connectivity index (χ1v) is 15.6. The summed E-state index contributed by atoms with van der Waals surface area (Å²) in [6.07, 6.45) is 0. The molecule has 0 atom stereocenters. The van der Waals surface area contributed by atoms with Gasteiger partial charge in [-0.25, -0.2) is 0 Å². The lowest BCUT2D eigenvalue weighted by Crippen LogP contribution is -2.12. The summed E-state index contributed by atoms with van der Waals surface area (Å²) in [6, 6.07) is 64.6. The maximum absolute atomic E-state index is 3.96. The predicted molar refractivity (Wildman–Crippen MR) is 191 cm³/mol. The summed E-state index contributed by atoms with van der Waals surface area (Å²) in [7, 11) is 0. The summed E-state index contributed by atoms with van der Waals surface area (Å²) in [5.74, 6) is 0. The van der Waals surface area contributed by atoms with Gasteiger partial charge in [-0.15, -0.1) is 0 Å². The highest BCUT2D eigenvalue weighted by atomic mass is 79.9. The molecule has 7 rings (SSSR count). The van der Waals surface area contributed by atoms with Gasteiger partial charge in [-0.2, -0.15) is 0 Å². The molecule has 0 aromatic heterocycles. The van der Waals surface area contributed by atoms with Crippen molar-refractivity contribution in [2.24, 2.45) is 0 Å². The number of nitrogens with zero attached hydrogens (tertiary/aromatic N) is 1. The van der Waals surface area contributed by atoms with Crippen LogP contribution in [0.4, 0.5) is 17.1 Å². The van der Waals surface area contributed by atoms with Crippen molar-refractivity contribution in [1.82, 2.24) is 0 Å². The highest BCUT2D eigenvalue weighted by molar-refractivity contribution is 9.10. The molecule has 0 aliphatic heterocycles. The highest BCUT2D eigenvalue weighted by Crippen LogP contribution is 2.46. The van der Waals surface area contributed by atoms with Crippen molar-refractivity contribution in [2.75, 3.05) is 4.90 Å². The van der Waals surface area contributed by atoms with Crippen molar-refractivity contribution in [3.63, 3.8) is 0 Å². The van der Waals surface area contributed by atoms with Crippen LogP contribution in [-0.2, 0) is 0 Å². The Morgan fingerprint density at radius 2 is 0.705 bits per heavy atom. The third-order valence-corrected chi connectivity index (χ3v) is 8.63. The number of hydrogen-bond donors (Lipinski definition) is 0. The Labute approximate surface area is 267 Å². The molecule has 0 heterocycles. The molecular formula is C42H30BrN. The van der Waals surface area contributed by atoms with Gasteiger partial charge in [0.2, 0.25) is 0 Å². The van der Waals surface area contributed by atoms with E-state index in [4.69, 9.17) is 0 Å². The fourth-order valence-electron chi connectivity index (χ4n) is 5.82. The Morgan fingerprint density at radius 3 is 1.20 bits per heavy atom. The molecule has 0 saturated carbocycles. The minimum atomic E-state index is 1.04. The van der Waals surface area contributed by atoms with Crippen molar-refractivity contribution >= 4 is 33.0 Å². The van der Waals surface area contributed by atoms with E-state index in [-0.39, 0.29) is 0 Å². The number of halogens is 1. The van der Waals surface area contributed by atoms with Gasteiger partial charge in [0.15, 0.2) is 0 Å². The molecule has 0 unspecified atom stereocenters. The lowest BCUT2D eigenvalue weighted by Gasteiger charge is -2.30. The van der Waals surface area contributed by atoms with Crippen LogP contribution >= 0.6 is 15.9 Å². The summed E-state index contributed by atoms with van der Waals surface area (Å²) in [4.78, 5) is 2.39. The average Bonchev–Trinajstić information content (AvgIpc) is 3.10. The Kier molecular flexibility index (Phi) is 7.91. The smallest absolute Gasteiger partial charge is 0.0540 e. The van der Waals surface area contributed by atoms with Crippen LogP contribution in [-0.4, -0.2) is 0 Å². The van der Waals surface area contributed by atoms with Gasteiger partial charge in [0.05, 0.1) is 11.4 Å². The Bertz CT molecular complexity index is 1920. The molecule has 44 heavy (non-hydrogen) atoms. The van der Waals surface area contributed by atoms with Crippen molar-refractivity contribution in [2.45, 2.75) is 0 Å². The SMILES string of the molecule is Brc1cc(N(c2ccccc2-c2ccccc2)c2ccccc2-c2ccccc2)ccc1-c1ccc(-c2ccccc2)cc1. The zero-order chi connectivity index (χ0) is 29.7. The molecule has 0 aliphatic carbocycles. The van der Waals surface area contributed by atoms with Crippen LogP contribution in [0.2, 0.25) is 0 Å². The fourth-order valence-corrected chi connectivity index (χ4v) is 6.41. The molecule has 0 amide bonds. The quantitative estimate of drug-likeness (QED) is 0.170. The van der Waals surface area contributed by atoms with Crippen molar-refractivity contribution < 1.29 is 0 Å². The number of para-hydroxylation sites is 2. The van der Waals surface area contributed by atoms with E-state index in [0.717, 1.165) is 27.1 Å². The van der Waals surface area contributed by atoms with Crippen LogP contribution in [0.15, 0.2) is 186 Å². The summed E-state index contributed by atoms with van der Waals surface area (Å²) in [6.45, 7) is 0. The lowest BCUT2D eigenvalue weighted by atomic mass is 9.98. The zero-order valence-corrected chi connectivity index (χ0v) is 25.7. The molecule has 1 nitrogen and oxygen atoms in total. The minimum absolute atomic E-state index is 1.04. The van der Waals surface area contributed by atoms with E-state index >= 15 is 0 Å². The van der Waals surface area contributed by atoms with Crippen LogP contribution < -0.4 is 4.90 Å². The molecule has 2 heteroatoms. The predicted octanol–water partition coefficient (Wildman–Crippen LogP) is 12.6. The zero-order valence-electron chi connectivity index (χ0n) is 24.1. The normalized spacial score (nSPS) is 10.8. The van der Waals surface area contributed by atoms with E-state index in [1.54, 1.807) is 0 Å². The molecular weight excluding hydrogens is 598 g/mol. The Hall–Kier alpha value is -5.18. The largest absolute Gasteiger partial charge is 0.309 e. The molecule has 0 bridgehead atoms. The molecule has 0 radical (unpaired) electrons. The molecule has 0 N–H and O–H groups in total. The van der Waals surface area contributed by atoms with Gasteiger partial charge < -0.3 is 4.90 Å². The molecule has 0 saturated heterocycles. The fraction of sp³-hybridized carbons (Fsp3) is 0. The van der Waals surface area contributed by atoms with Gasteiger partial charge >= 0.3 is 0 Å². The van der Waals surface area contributed by atoms with Crippen LogP contribution in [0.3, 0.4) is 0 Å². The van der Waals surface area contributed by atoms with Gasteiger partial charge in [0.25, 0.3) is 0 Å². The summed E-state index contributed by atoms with van der Waals surface area (Å²) in [5.41, 5.74) is 12.8. The summed E-state index contributed by atoms with van der Waals surface area (Å²) >= 11 is 3.96. The van der Waals surface area contributed by atoms with Crippen molar-refractivity contribution in [3.05, 3.63) is 186 Å². The standard InChI is InChI=1S/C42H30BrN/c43-40-30-36(28-29-37(40)35-26-24-32(25-27-35)31-14-4-1-5-15-31)44(41-22-12-10-20-38(41)33-16-6-2-7-17-33)42-23-13-11-21-39(42)34-18-8-3-9-19-34/h1-30H. The van der Waals surface area contributed by atoms with E-state index in [0.29, 0.717) is 0 Å². The van der Waals surface area contributed by atoms with E-state index in [1.165, 1.54) is 38.9 Å². The number of rotatable bonds is 7. The van der Waals surface area contributed by atoms with Crippen LogP contribution in [0.5, 0.6) is 0 Å². The van der Waals surface area contributed by atoms with Gasteiger partial charge in [-0.05, 0) is 57.6 Å². The molecule has 7 aromatic carbocycles. The third-order valence-electron chi connectivity index (χ3n) is 7.97.